The number of amides is 1. The lowest BCUT2D eigenvalue weighted by molar-refractivity contribution is -0.123. The van der Waals surface area contributed by atoms with Crippen LogP contribution in [0.4, 0.5) is 0 Å². The van der Waals surface area contributed by atoms with Crippen molar-refractivity contribution in [2.45, 2.75) is 19.4 Å². The predicted molar refractivity (Wildman–Crippen MR) is 91.4 cm³/mol. The number of halogens is 2. The zero-order chi connectivity index (χ0) is 16.9. The first kappa shape index (κ1) is 18.3. The number of ether oxygens (including phenoxy) is 2. The van der Waals surface area contributed by atoms with Gasteiger partial charge in [0.2, 0.25) is 0 Å². The molecular weight excluding hydrogens is 339 g/mol. The normalized spacial score (nSPS) is 16.2. The van der Waals surface area contributed by atoms with E-state index >= 15 is 0 Å². The molecule has 0 bridgehead atoms. The smallest absolute Gasteiger partial charge is 0.258 e. The number of carbonyl (C=O) groups excluding carboxylic acids is 1. The molecule has 7 heteroatoms. The van der Waals surface area contributed by atoms with Crippen LogP contribution in [-0.2, 0) is 9.53 Å². The van der Waals surface area contributed by atoms with E-state index < -0.39 is 0 Å². The van der Waals surface area contributed by atoms with Crippen molar-refractivity contribution < 1.29 is 14.3 Å². The number of hydrogen-bond acceptors (Lipinski definition) is 4. The van der Waals surface area contributed by atoms with E-state index in [2.05, 4.69) is 24.1 Å². The number of carbonyl (C=O) groups is 1. The maximum Gasteiger partial charge on any atom is 0.258 e. The molecule has 2 rings (SSSR count). The van der Waals surface area contributed by atoms with Gasteiger partial charge in [-0.15, -0.1) is 0 Å². The van der Waals surface area contributed by atoms with Gasteiger partial charge in [0.1, 0.15) is 10.8 Å². The summed E-state index contributed by atoms with van der Waals surface area (Å²) in [7, 11) is 0. The minimum atomic E-state index is -0.192. The second kappa shape index (κ2) is 8.20. The highest BCUT2D eigenvalue weighted by atomic mass is 35.5. The Bertz CT molecular complexity index is 546. The highest BCUT2D eigenvalue weighted by Crippen LogP contribution is 2.31. The van der Waals surface area contributed by atoms with Gasteiger partial charge in [0.15, 0.2) is 6.61 Å². The van der Waals surface area contributed by atoms with Gasteiger partial charge in [0, 0.05) is 25.2 Å². The summed E-state index contributed by atoms with van der Waals surface area (Å²) in [6.45, 7) is 7.86. The molecule has 23 heavy (non-hydrogen) atoms. The highest BCUT2D eigenvalue weighted by molar-refractivity contribution is 6.42. The first-order valence-electron chi connectivity index (χ1n) is 7.56. The lowest BCUT2D eigenvalue weighted by Gasteiger charge is -2.40. The maximum absolute atomic E-state index is 12.0. The fraction of sp³-hybridized carbons (Fsp3) is 0.562. The molecule has 0 spiro atoms. The zero-order valence-corrected chi connectivity index (χ0v) is 14.9. The van der Waals surface area contributed by atoms with Crippen LogP contribution in [0.25, 0.3) is 0 Å². The summed E-state index contributed by atoms with van der Waals surface area (Å²) in [5, 5.41) is 3.62. The molecule has 1 saturated heterocycles. The SMILES string of the molecule is CC(C)(CNC(=O)COc1cccc(Cl)c1Cl)N1CCOCC1. The minimum absolute atomic E-state index is 0.0980. The Morgan fingerprint density at radius 1 is 1.35 bits per heavy atom. The Kier molecular flexibility index (Phi) is 6.53. The van der Waals surface area contributed by atoms with Crippen LogP contribution in [0.5, 0.6) is 5.75 Å². The average Bonchev–Trinajstić information content (AvgIpc) is 2.55. The summed E-state index contributed by atoms with van der Waals surface area (Å²) >= 11 is 11.9. The number of rotatable bonds is 6. The van der Waals surface area contributed by atoms with E-state index in [1.54, 1.807) is 18.2 Å². The lowest BCUT2D eigenvalue weighted by Crippen LogP contribution is -2.55. The van der Waals surface area contributed by atoms with Crippen LogP contribution in [0.2, 0.25) is 10.0 Å². The Balaban J connectivity index is 1.79. The number of morpholine rings is 1. The molecule has 128 valence electrons. The van der Waals surface area contributed by atoms with Crippen molar-refractivity contribution in [3.8, 4) is 5.75 Å². The third-order valence-corrected chi connectivity index (χ3v) is 4.66. The zero-order valence-electron chi connectivity index (χ0n) is 13.4. The second-order valence-electron chi connectivity index (χ2n) is 6.03. The summed E-state index contributed by atoms with van der Waals surface area (Å²) in [6.07, 6.45) is 0. The molecule has 1 amide bonds. The van der Waals surface area contributed by atoms with Gasteiger partial charge in [-0.2, -0.15) is 0 Å². The van der Waals surface area contributed by atoms with Gasteiger partial charge in [-0.3, -0.25) is 9.69 Å². The Labute approximate surface area is 146 Å². The highest BCUT2D eigenvalue weighted by Gasteiger charge is 2.28. The summed E-state index contributed by atoms with van der Waals surface area (Å²) < 4.78 is 10.8. The maximum atomic E-state index is 12.0. The Morgan fingerprint density at radius 3 is 2.74 bits per heavy atom. The number of nitrogens with one attached hydrogen (secondary N) is 1. The number of hydrogen-bond donors (Lipinski definition) is 1. The fourth-order valence-electron chi connectivity index (χ4n) is 2.39. The summed E-state index contributed by atoms with van der Waals surface area (Å²) in [4.78, 5) is 14.3. The first-order valence-corrected chi connectivity index (χ1v) is 8.32. The van der Waals surface area contributed by atoms with Crippen molar-refractivity contribution in [1.82, 2.24) is 10.2 Å². The predicted octanol–water partition coefficient (Wildman–Crippen LogP) is 2.60. The largest absolute Gasteiger partial charge is 0.482 e. The van der Waals surface area contributed by atoms with E-state index in [1.165, 1.54) is 0 Å². The van der Waals surface area contributed by atoms with Crippen molar-refractivity contribution in [3.63, 3.8) is 0 Å². The first-order chi connectivity index (χ1) is 10.9. The molecule has 0 aliphatic carbocycles. The Morgan fingerprint density at radius 2 is 2.04 bits per heavy atom. The van der Waals surface area contributed by atoms with Gasteiger partial charge in [-0.25, -0.2) is 0 Å². The molecular formula is C16H22Cl2N2O3. The van der Waals surface area contributed by atoms with Gasteiger partial charge in [0.25, 0.3) is 5.91 Å². The van der Waals surface area contributed by atoms with Crippen LogP contribution in [0.1, 0.15) is 13.8 Å². The van der Waals surface area contributed by atoms with Gasteiger partial charge < -0.3 is 14.8 Å². The standard InChI is InChI=1S/C16H22Cl2N2O3/c1-16(2,20-6-8-22-9-7-20)11-19-14(21)10-23-13-5-3-4-12(17)15(13)18/h3-5H,6-11H2,1-2H3,(H,19,21). The molecule has 0 aromatic heterocycles. The molecule has 1 fully saturated rings. The lowest BCUT2D eigenvalue weighted by atomic mass is 10.0. The molecule has 1 aromatic rings. The number of nitrogens with zero attached hydrogens (tertiary/aromatic N) is 1. The van der Waals surface area contributed by atoms with Crippen molar-refractivity contribution in [1.29, 1.82) is 0 Å². The van der Waals surface area contributed by atoms with E-state index in [-0.39, 0.29) is 18.1 Å². The molecule has 1 heterocycles. The quantitative estimate of drug-likeness (QED) is 0.846. The van der Waals surface area contributed by atoms with Crippen molar-refractivity contribution in [3.05, 3.63) is 28.2 Å². The summed E-state index contributed by atoms with van der Waals surface area (Å²) in [5.74, 6) is 0.212. The molecule has 0 radical (unpaired) electrons. The molecule has 1 aliphatic heterocycles. The van der Waals surface area contributed by atoms with Crippen LogP contribution in [0, 0.1) is 0 Å². The van der Waals surface area contributed by atoms with Crippen LogP contribution in [0.15, 0.2) is 18.2 Å². The molecule has 1 aliphatic rings. The average molecular weight is 361 g/mol. The molecule has 1 aromatic carbocycles. The molecule has 5 nitrogen and oxygen atoms in total. The monoisotopic (exact) mass is 360 g/mol. The van der Waals surface area contributed by atoms with Crippen LogP contribution >= 0.6 is 23.2 Å². The van der Waals surface area contributed by atoms with E-state index in [0.29, 0.717) is 22.3 Å². The minimum Gasteiger partial charge on any atom is -0.482 e. The van der Waals surface area contributed by atoms with E-state index in [0.717, 1.165) is 26.3 Å². The summed E-state index contributed by atoms with van der Waals surface area (Å²) in [5.41, 5.74) is -0.132. The van der Waals surface area contributed by atoms with Crippen LogP contribution in [0.3, 0.4) is 0 Å². The van der Waals surface area contributed by atoms with Gasteiger partial charge in [-0.1, -0.05) is 29.3 Å². The summed E-state index contributed by atoms with van der Waals surface area (Å²) in [6, 6.07) is 5.07. The van der Waals surface area contributed by atoms with Gasteiger partial charge in [0.05, 0.1) is 18.2 Å². The van der Waals surface area contributed by atoms with Gasteiger partial charge in [-0.05, 0) is 26.0 Å². The topological polar surface area (TPSA) is 50.8 Å². The molecule has 0 saturated carbocycles. The number of benzene rings is 1. The van der Waals surface area contributed by atoms with Crippen molar-refractivity contribution in [2.75, 3.05) is 39.5 Å². The van der Waals surface area contributed by atoms with Crippen LogP contribution in [-0.4, -0.2) is 55.8 Å². The molecule has 0 unspecified atom stereocenters. The van der Waals surface area contributed by atoms with E-state index in [1.807, 2.05) is 0 Å². The van der Waals surface area contributed by atoms with Gasteiger partial charge >= 0.3 is 0 Å². The molecule has 0 atom stereocenters. The molecule has 1 N–H and O–H groups in total. The second-order valence-corrected chi connectivity index (χ2v) is 6.81. The Hall–Kier alpha value is -1.01. The fourth-order valence-corrected chi connectivity index (χ4v) is 2.73. The van der Waals surface area contributed by atoms with Crippen molar-refractivity contribution >= 4 is 29.1 Å². The van der Waals surface area contributed by atoms with E-state index in [9.17, 15) is 4.79 Å². The van der Waals surface area contributed by atoms with Crippen LogP contribution < -0.4 is 10.1 Å². The third-order valence-electron chi connectivity index (χ3n) is 3.86. The van der Waals surface area contributed by atoms with Crippen molar-refractivity contribution in [2.24, 2.45) is 0 Å². The van der Waals surface area contributed by atoms with E-state index in [4.69, 9.17) is 32.7 Å². The third kappa shape index (κ3) is 5.24.